The van der Waals surface area contributed by atoms with Crippen LogP contribution in [0.15, 0.2) is 49.2 Å². The second-order valence-corrected chi connectivity index (χ2v) is 3.78. The molecule has 90 valence electrons. The SMILES string of the molecule is C=Cc1ccc(-c2ccc(C(=N)NN)nc2)cc1. The van der Waals surface area contributed by atoms with Crippen LogP contribution in [0.3, 0.4) is 0 Å². The van der Waals surface area contributed by atoms with Gasteiger partial charge in [-0.2, -0.15) is 0 Å². The van der Waals surface area contributed by atoms with Gasteiger partial charge in [-0.15, -0.1) is 0 Å². The number of pyridine rings is 1. The van der Waals surface area contributed by atoms with Crippen molar-refractivity contribution in [2.75, 3.05) is 0 Å². The molecule has 0 radical (unpaired) electrons. The Kier molecular flexibility index (Phi) is 3.50. The third-order valence-electron chi connectivity index (χ3n) is 2.64. The lowest BCUT2D eigenvalue weighted by Gasteiger charge is -2.05. The van der Waals surface area contributed by atoms with Crippen LogP contribution in [0.2, 0.25) is 0 Å². The van der Waals surface area contributed by atoms with Crippen LogP contribution < -0.4 is 11.3 Å². The molecule has 0 bridgehead atoms. The fourth-order valence-electron chi connectivity index (χ4n) is 1.60. The predicted octanol–water partition coefficient (Wildman–Crippen LogP) is 2.18. The van der Waals surface area contributed by atoms with Gasteiger partial charge in [-0.3, -0.25) is 10.4 Å². The Balaban J connectivity index is 2.28. The second-order valence-electron chi connectivity index (χ2n) is 3.78. The minimum Gasteiger partial charge on any atom is -0.307 e. The molecule has 0 aliphatic carbocycles. The normalized spacial score (nSPS) is 9.83. The summed E-state index contributed by atoms with van der Waals surface area (Å²) in [6.45, 7) is 3.72. The van der Waals surface area contributed by atoms with E-state index in [-0.39, 0.29) is 5.84 Å². The van der Waals surface area contributed by atoms with Crippen molar-refractivity contribution < 1.29 is 0 Å². The van der Waals surface area contributed by atoms with Gasteiger partial charge in [-0.05, 0) is 17.2 Å². The number of amidine groups is 1. The van der Waals surface area contributed by atoms with Crippen molar-refractivity contribution in [3.63, 3.8) is 0 Å². The third-order valence-corrected chi connectivity index (χ3v) is 2.64. The van der Waals surface area contributed by atoms with E-state index in [1.807, 2.05) is 30.3 Å². The summed E-state index contributed by atoms with van der Waals surface area (Å²) in [6.07, 6.45) is 3.53. The van der Waals surface area contributed by atoms with Crippen molar-refractivity contribution in [2.24, 2.45) is 5.84 Å². The molecule has 1 aromatic heterocycles. The van der Waals surface area contributed by atoms with Crippen LogP contribution in [0.4, 0.5) is 0 Å². The molecule has 0 aliphatic heterocycles. The number of benzene rings is 1. The van der Waals surface area contributed by atoms with E-state index in [9.17, 15) is 0 Å². The van der Waals surface area contributed by atoms with Crippen molar-refractivity contribution >= 4 is 11.9 Å². The molecule has 0 amide bonds. The topological polar surface area (TPSA) is 74.8 Å². The zero-order valence-electron chi connectivity index (χ0n) is 9.85. The first-order chi connectivity index (χ1) is 8.74. The summed E-state index contributed by atoms with van der Waals surface area (Å²) in [5.41, 5.74) is 5.94. The summed E-state index contributed by atoms with van der Waals surface area (Å²) in [5.74, 6) is 5.26. The van der Waals surface area contributed by atoms with E-state index in [0.717, 1.165) is 16.7 Å². The van der Waals surface area contributed by atoms with Crippen LogP contribution in [-0.4, -0.2) is 10.8 Å². The number of rotatable bonds is 3. The average Bonchev–Trinajstić information content (AvgIpc) is 2.47. The molecule has 4 nitrogen and oxygen atoms in total. The Labute approximate surface area is 106 Å². The van der Waals surface area contributed by atoms with Gasteiger partial charge in [0.2, 0.25) is 0 Å². The molecule has 0 fully saturated rings. The molecule has 0 saturated carbocycles. The van der Waals surface area contributed by atoms with Crippen LogP contribution in [0, 0.1) is 5.41 Å². The quantitative estimate of drug-likeness (QED) is 0.332. The van der Waals surface area contributed by atoms with E-state index in [1.165, 1.54) is 0 Å². The van der Waals surface area contributed by atoms with Gasteiger partial charge < -0.3 is 5.43 Å². The number of nitrogens with zero attached hydrogens (tertiary/aromatic N) is 1. The van der Waals surface area contributed by atoms with E-state index in [0.29, 0.717) is 5.69 Å². The molecule has 0 aliphatic rings. The molecule has 4 N–H and O–H groups in total. The van der Waals surface area contributed by atoms with E-state index in [4.69, 9.17) is 11.3 Å². The zero-order chi connectivity index (χ0) is 13.0. The maximum absolute atomic E-state index is 7.50. The van der Waals surface area contributed by atoms with Crippen molar-refractivity contribution in [3.8, 4) is 11.1 Å². The van der Waals surface area contributed by atoms with Crippen LogP contribution >= 0.6 is 0 Å². The first-order valence-corrected chi connectivity index (χ1v) is 5.49. The van der Waals surface area contributed by atoms with Crippen LogP contribution in [0.25, 0.3) is 17.2 Å². The number of hydrazine groups is 1. The lowest BCUT2D eigenvalue weighted by molar-refractivity contribution is 1.00. The van der Waals surface area contributed by atoms with Gasteiger partial charge in [0.25, 0.3) is 0 Å². The highest BCUT2D eigenvalue weighted by molar-refractivity contribution is 5.94. The Morgan fingerprint density at radius 2 is 1.83 bits per heavy atom. The van der Waals surface area contributed by atoms with E-state index in [2.05, 4.69) is 17.0 Å². The van der Waals surface area contributed by atoms with Crippen molar-refractivity contribution in [1.82, 2.24) is 10.4 Å². The number of hydrogen-bond donors (Lipinski definition) is 3. The van der Waals surface area contributed by atoms with Gasteiger partial charge in [0.15, 0.2) is 5.84 Å². The average molecular weight is 238 g/mol. The largest absolute Gasteiger partial charge is 0.307 e. The predicted molar refractivity (Wildman–Crippen MR) is 73.9 cm³/mol. The minimum atomic E-state index is 0.101. The van der Waals surface area contributed by atoms with Crippen LogP contribution in [-0.2, 0) is 0 Å². The Hall–Kier alpha value is -2.46. The molecular weight excluding hydrogens is 224 g/mol. The van der Waals surface area contributed by atoms with E-state index in [1.54, 1.807) is 18.3 Å². The Bertz CT molecular complexity index is 555. The summed E-state index contributed by atoms with van der Waals surface area (Å²) in [5, 5.41) is 7.50. The first kappa shape index (κ1) is 12.0. The van der Waals surface area contributed by atoms with Crippen LogP contribution in [0.1, 0.15) is 11.3 Å². The van der Waals surface area contributed by atoms with Gasteiger partial charge in [0.1, 0.15) is 5.69 Å². The zero-order valence-corrected chi connectivity index (χ0v) is 9.85. The summed E-state index contributed by atoms with van der Waals surface area (Å²) < 4.78 is 0. The van der Waals surface area contributed by atoms with Crippen molar-refractivity contribution in [1.29, 1.82) is 5.41 Å². The summed E-state index contributed by atoms with van der Waals surface area (Å²) in [6, 6.07) is 11.7. The molecule has 1 heterocycles. The van der Waals surface area contributed by atoms with Gasteiger partial charge in [0.05, 0.1) is 0 Å². The van der Waals surface area contributed by atoms with E-state index < -0.39 is 0 Å². The molecule has 0 atom stereocenters. The lowest BCUT2D eigenvalue weighted by Crippen LogP contribution is -2.30. The Morgan fingerprint density at radius 3 is 2.33 bits per heavy atom. The highest BCUT2D eigenvalue weighted by Crippen LogP contribution is 2.19. The fraction of sp³-hybridized carbons (Fsp3) is 0. The summed E-state index contributed by atoms with van der Waals surface area (Å²) >= 11 is 0. The highest BCUT2D eigenvalue weighted by atomic mass is 15.2. The molecular formula is C14H14N4. The molecule has 2 aromatic rings. The molecule has 1 aromatic carbocycles. The molecule has 2 rings (SSSR count). The molecule has 0 spiro atoms. The van der Waals surface area contributed by atoms with Crippen molar-refractivity contribution in [3.05, 3.63) is 60.4 Å². The smallest absolute Gasteiger partial charge is 0.158 e. The number of nitrogens with one attached hydrogen (secondary N) is 2. The Morgan fingerprint density at radius 1 is 1.17 bits per heavy atom. The molecule has 18 heavy (non-hydrogen) atoms. The molecule has 0 saturated heterocycles. The minimum absolute atomic E-state index is 0.101. The third kappa shape index (κ3) is 2.44. The van der Waals surface area contributed by atoms with Gasteiger partial charge >= 0.3 is 0 Å². The number of hydrogen-bond acceptors (Lipinski definition) is 3. The standard InChI is InChI=1S/C14H14N4/c1-2-10-3-5-11(6-4-10)12-7-8-13(17-9-12)14(15)18-16/h2-9H,1,16H2,(H2,15,18). The fourth-order valence-corrected chi connectivity index (χ4v) is 1.60. The number of aromatic nitrogens is 1. The van der Waals surface area contributed by atoms with Gasteiger partial charge in [0, 0.05) is 11.8 Å². The summed E-state index contributed by atoms with van der Waals surface area (Å²) in [4.78, 5) is 4.18. The lowest BCUT2D eigenvalue weighted by atomic mass is 10.1. The maximum Gasteiger partial charge on any atom is 0.158 e. The maximum atomic E-state index is 7.50. The van der Waals surface area contributed by atoms with Crippen molar-refractivity contribution in [2.45, 2.75) is 0 Å². The molecule has 4 heteroatoms. The highest BCUT2D eigenvalue weighted by Gasteiger charge is 2.02. The van der Waals surface area contributed by atoms with Gasteiger partial charge in [-0.1, -0.05) is 43.0 Å². The van der Waals surface area contributed by atoms with Crippen LogP contribution in [0.5, 0.6) is 0 Å². The van der Waals surface area contributed by atoms with E-state index >= 15 is 0 Å². The summed E-state index contributed by atoms with van der Waals surface area (Å²) in [7, 11) is 0. The monoisotopic (exact) mass is 238 g/mol. The number of nitrogens with two attached hydrogens (primary N) is 1. The molecule has 0 unspecified atom stereocenters. The second kappa shape index (κ2) is 5.25. The first-order valence-electron chi connectivity index (χ1n) is 5.49. The van der Waals surface area contributed by atoms with Gasteiger partial charge in [-0.25, -0.2) is 5.84 Å².